The third-order valence-electron chi connectivity index (χ3n) is 5.90. The summed E-state index contributed by atoms with van der Waals surface area (Å²) in [5.74, 6) is -0.486. The summed E-state index contributed by atoms with van der Waals surface area (Å²) < 4.78 is 20.5. The van der Waals surface area contributed by atoms with E-state index < -0.39 is 5.95 Å². The standard InChI is InChI=1S/C22H20FN3O2/c1-25-21(27)19-9-14(13-28-2)12-26(19)18-10-15(16-4-6-20(23)24-11-16)3-5-17(18)22(25)7-8-22/h3-6,9-12H,7-8,13H2,1-2H3. The lowest BCUT2D eigenvalue weighted by molar-refractivity contribution is 0.0705. The fourth-order valence-corrected chi connectivity index (χ4v) is 4.25. The van der Waals surface area contributed by atoms with Gasteiger partial charge in [-0.1, -0.05) is 12.1 Å². The van der Waals surface area contributed by atoms with Crippen molar-refractivity contribution < 1.29 is 13.9 Å². The van der Waals surface area contributed by atoms with Gasteiger partial charge in [-0.25, -0.2) is 4.98 Å². The Labute approximate surface area is 162 Å². The monoisotopic (exact) mass is 377 g/mol. The normalized spacial score (nSPS) is 16.7. The van der Waals surface area contributed by atoms with Gasteiger partial charge in [0.1, 0.15) is 5.69 Å². The summed E-state index contributed by atoms with van der Waals surface area (Å²) in [6.45, 7) is 0.443. The number of nitrogens with zero attached hydrogens (tertiary/aromatic N) is 3. The second kappa shape index (κ2) is 6.01. The highest BCUT2D eigenvalue weighted by Gasteiger charge is 2.53. The molecule has 1 amide bonds. The molecule has 6 heteroatoms. The second-order valence-electron chi connectivity index (χ2n) is 7.53. The first-order valence-corrected chi connectivity index (χ1v) is 9.29. The van der Waals surface area contributed by atoms with Crippen LogP contribution in [-0.4, -0.2) is 34.5 Å². The van der Waals surface area contributed by atoms with Crippen LogP contribution in [0.25, 0.3) is 16.8 Å². The maximum absolute atomic E-state index is 13.2. The molecule has 1 fully saturated rings. The lowest BCUT2D eigenvalue weighted by Gasteiger charge is -2.27. The highest BCUT2D eigenvalue weighted by Crippen LogP contribution is 2.54. The minimum Gasteiger partial charge on any atom is -0.380 e. The number of aromatic nitrogens is 2. The van der Waals surface area contributed by atoms with E-state index in [0.29, 0.717) is 12.3 Å². The molecule has 142 valence electrons. The number of ether oxygens (including phenoxy) is 1. The summed E-state index contributed by atoms with van der Waals surface area (Å²) in [5.41, 5.74) is 5.23. The van der Waals surface area contributed by atoms with Crippen LogP contribution in [0.4, 0.5) is 4.39 Å². The number of hydrogen-bond acceptors (Lipinski definition) is 3. The lowest BCUT2D eigenvalue weighted by atomic mass is 9.97. The molecular weight excluding hydrogens is 357 g/mol. The molecule has 1 saturated carbocycles. The van der Waals surface area contributed by atoms with Crippen molar-refractivity contribution in [2.24, 2.45) is 0 Å². The molecule has 2 aromatic heterocycles. The van der Waals surface area contributed by atoms with E-state index in [9.17, 15) is 9.18 Å². The molecule has 0 unspecified atom stereocenters. The molecule has 28 heavy (non-hydrogen) atoms. The molecule has 0 N–H and O–H groups in total. The summed E-state index contributed by atoms with van der Waals surface area (Å²) in [6, 6.07) is 11.2. The zero-order chi connectivity index (χ0) is 19.5. The van der Waals surface area contributed by atoms with Gasteiger partial charge in [-0.05, 0) is 48.2 Å². The number of methoxy groups -OCH3 is 1. The Bertz CT molecular complexity index is 1080. The first kappa shape index (κ1) is 17.1. The van der Waals surface area contributed by atoms with Crippen LogP contribution >= 0.6 is 0 Å². The van der Waals surface area contributed by atoms with Crippen molar-refractivity contribution in [2.75, 3.05) is 14.2 Å². The largest absolute Gasteiger partial charge is 0.380 e. The fraction of sp³-hybridized carbons (Fsp3) is 0.273. The van der Waals surface area contributed by atoms with Crippen LogP contribution in [0.2, 0.25) is 0 Å². The minimum absolute atomic E-state index is 0.0149. The Balaban J connectivity index is 1.73. The number of benzene rings is 1. The van der Waals surface area contributed by atoms with Crippen molar-refractivity contribution in [3.8, 4) is 16.8 Å². The highest BCUT2D eigenvalue weighted by molar-refractivity contribution is 5.96. The van der Waals surface area contributed by atoms with E-state index in [-0.39, 0.29) is 11.4 Å². The second-order valence-corrected chi connectivity index (χ2v) is 7.53. The van der Waals surface area contributed by atoms with Crippen molar-refractivity contribution in [3.05, 3.63) is 71.6 Å². The van der Waals surface area contributed by atoms with Crippen LogP contribution in [0.3, 0.4) is 0 Å². The van der Waals surface area contributed by atoms with Gasteiger partial charge in [0.15, 0.2) is 0 Å². The van der Waals surface area contributed by atoms with E-state index in [0.717, 1.165) is 40.8 Å². The number of halogens is 1. The van der Waals surface area contributed by atoms with Crippen molar-refractivity contribution >= 4 is 5.91 Å². The number of rotatable bonds is 3. The van der Waals surface area contributed by atoms with Gasteiger partial charge >= 0.3 is 0 Å². The molecule has 1 spiro atoms. The molecule has 1 aliphatic heterocycles. The first-order chi connectivity index (χ1) is 13.5. The molecule has 3 aromatic rings. The lowest BCUT2D eigenvalue weighted by Crippen LogP contribution is -2.36. The predicted octanol–water partition coefficient (Wildman–Crippen LogP) is 3.90. The zero-order valence-electron chi connectivity index (χ0n) is 15.8. The summed E-state index contributed by atoms with van der Waals surface area (Å²) in [4.78, 5) is 18.8. The Kier molecular flexibility index (Phi) is 3.67. The summed E-state index contributed by atoms with van der Waals surface area (Å²) in [7, 11) is 3.53. The fourth-order valence-electron chi connectivity index (χ4n) is 4.25. The number of amides is 1. The number of carbonyl (C=O) groups is 1. The molecular formula is C22H20FN3O2. The predicted molar refractivity (Wildman–Crippen MR) is 103 cm³/mol. The maximum atomic E-state index is 13.2. The van der Waals surface area contributed by atoms with Gasteiger partial charge < -0.3 is 14.2 Å². The van der Waals surface area contributed by atoms with Gasteiger partial charge in [-0.15, -0.1) is 0 Å². The molecule has 1 aliphatic carbocycles. The molecule has 5 nitrogen and oxygen atoms in total. The quantitative estimate of drug-likeness (QED) is 0.651. The minimum atomic E-state index is -0.500. The van der Waals surface area contributed by atoms with Crippen molar-refractivity contribution in [3.63, 3.8) is 0 Å². The van der Waals surface area contributed by atoms with Crippen LogP contribution in [0.1, 0.15) is 34.5 Å². The molecule has 1 aromatic carbocycles. The van der Waals surface area contributed by atoms with Crippen LogP contribution < -0.4 is 0 Å². The smallest absolute Gasteiger partial charge is 0.271 e. The van der Waals surface area contributed by atoms with Gasteiger partial charge in [0.2, 0.25) is 5.95 Å². The molecule has 0 saturated heterocycles. The molecule has 5 rings (SSSR count). The summed E-state index contributed by atoms with van der Waals surface area (Å²) in [6.07, 6.45) is 5.41. The third-order valence-corrected chi connectivity index (χ3v) is 5.90. The van der Waals surface area contributed by atoms with Gasteiger partial charge in [0, 0.05) is 37.7 Å². The van der Waals surface area contributed by atoms with Gasteiger partial charge in [0.05, 0.1) is 17.8 Å². The first-order valence-electron chi connectivity index (χ1n) is 9.29. The molecule has 3 heterocycles. The molecule has 0 atom stereocenters. The average Bonchev–Trinajstić information content (AvgIpc) is 3.41. The number of hydrogen-bond donors (Lipinski definition) is 0. The average molecular weight is 377 g/mol. The highest BCUT2D eigenvalue weighted by atomic mass is 19.1. The van der Waals surface area contributed by atoms with Crippen LogP contribution in [0.15, 0.2) is 48.8 Å². The van der Waals surface area contributed by atoms with Gasteiger partial charge in [0.25, 0.3) is 5.91 Å². The van der Waals surface area contributed by atoms with E-state index in [2.05, 4.69) is 17.1 Å². The summed E-state index contributed by atoms with van der Waals surface area (Å²) in [5, 5.41) is 0. The van der Waals surface area contributed by atoms with Crippen LogP contribution in [-0.2, 0) is 16.9 Å². The van der Waals surface area contributed by atoms with Crippen LogP contribution in [0.5, 0.6) is 0 Å². The summed E-state index contributed by atoms with van der Waals surface area (Å²) >= 11 is 0. The van der Waals surface area contributed by atoms with Crippen molar-refractivity contribution in [2.45, 2.75) is 25.0 Å². The van der Waals surface area contributed by atoms with Crippen molar-refractivity contribution in [1.82, 2.24) is 14.5 Å². The van der Waals surface area contributed by atoms with Gasteiger partial charge in [-0.3, -0.25) is 4.79 Å². The van der Waals surface area contributed by atoms with E-state index in [1.165, 1.54) is 12.3 Å². The van der Waals surface area contributed by atoms with E-state index in [4.69, 9.17) is 4.74 Å². The molecule has 0 bridgehead atoms. The topological polar surface area (TPSA) is 47.4 Å². The maximum Gasteiger partial charge on any atom is 0.271 e. The molecule has 2 aliphatic rings. The van der Waals surface area contributed by atoms with Gasteiger partial charge in [-0.2, -0.15) is 4.39 Å². The Morgan fingerprint density at radius 3 is 2.64 bits per heavy atom. The molecule has 0 radical (unpaired) electrons. The number of fused-ring (bicyclic) bond motifs is 4. The third kappa shape index (κ3) is 2.41. The van der Waals surface area contributed by atoms with Crippen molar-refractivity contribution in [1.29, 1.82) is 0 Å². The SMILES string of the molecule is COCc1cc2n(c1)-c1cc(-c3ccc(F)nc3)ccc1C1(CC1)N(C)C2=O. The number of pyridine rings is 1. The van der Waals surface area contributed by atoms with E-state index >= 15 is 0 Å². The Morgan fingerprint density at radius 1 is 1.18 bits per heavy atom. The Hall–Kier alpha value is -2.99. The van der Waals surface area contributed by atoms with E-state index in [1.54, 1.807) is 13.2 Å². The Morgan fingerprint density at radius 2 is 1.96 bits per heavy atom. The zero-order valence-corrected chi connectivity index (χ0v) is 15.8. The number of carbonyl (C=O) groups excluding carboxylic acids is 1. The van der Waals surface area contributed by atoms with Crippen LogP contribution in [0, 0.1) is 5.95 Å². The van der Waals surface area contributed by atoms with E-state index in [1.807, 2.05) is 34.8 Å².